The smallest absolute Gasteiger partial charge is 0.212 e. The summed E-state index contributed by atoms with van der Waals surface area (Å²) >= 11 is 19.1. The van der Waals surface area contributed by atoms with Crippen LogP contribution < -0.4 is 0 Å². The monoisotopic (exact) mass is 438 g/mol. The van der Waals surface area contributed by atoms with E-state index in [1.165, 1.54) is 34.0 Å². The Hall–Kier alpha value is -0.170. The van der Waals surface area contributed by atoms with Crippen molar-refractivity contribution in [3.8, 4) is 0 Å². The number of hydrogen-bond acceptors (Lipinski definition) is 4. The largest absolute Gasteiger partial charge is 0.287 e. The van der Waals surface area contributed by atoms with Crippen LogP contribution in [0.2, 0.25) is 8.67 Å². The van der Waals surface area contributed by atoms with Crippen LogP contribution in [-0.2, 0) is 5.33 Å². The number of halogens is 3. The number of carbonyl (C=O) groups excluding carboxylic acids is 1. The summed E-state index contributed by atoms with van der Waals surface area (Å²) in [5.41, 5.74) is 1.06. The molecule has 0 saturated heterocycles. The molecule has 21 heavy (non-hydrogen) atoms. The highest BCUT2D eigenvalue weighted by atomic mass is 79.9. The summed E-state index contributed by atoms with van der Waals surface area (Å²) in [6.45, 7) is 0. The van der Waals surface area contributed by atoms with Gasteiger partial charge in [0.1, 0.15) is 0 Å². The minimum Gasteiger partial charge on any atom is -0.287 e. The summed E-state index contributed by atoms with van der Waals surface area (Å²) in [5.74, 6) is 0.139. The van der Waals surface area contributed by atoms with Gasteiger partial charge >= 0.3 is 0 Å². The highest BCUT2D eigenvalue weighted by Crippen LogP contribution is 2.32. The molecule has 0 aliphatic carbocycles. The van der Waals surface area contributed by atoms with Crippen molar-refractivity contribution >= 4 is 78.9 Å². The Kier molecular flexibility index (Phi) is 6.92. The van der Waals surface area contributed by atoms with Gasteiger partial charge in [0.25, 0.3) is 0 Å². The first kappa shape index (κ1) is 17.2. The van der Waals surface area contributed by atoms with Crippen LogP contribution in [0, 0.1) is 0 Å². The van der Waals surface area contributed by atoms with Gasteiger partial charge in [-0.05, 0) is 34.5 Å². The molecule has 0 saturated carbocycles. The summed E-state index contributed by atoms with van der Waals surface area (Å²) < 4.78 is 1.52. The molecule has 3 aromatic rings. The molecule has 0 bridgehead atoms. The summed E-state index contributed by atoms with van der Waals surface area (Å²) in [7, 11) is 0. The predicted molar refractivity (Wildman–Crippen MR) is 99.0 cm³/mol. The zero-order valence-corrected chi connectivity index (χ0v) is 16.1. The Morgan fingerprint density at radius 2 is 1.67 bits per heavy atom. The normalized spacial score (nSPS) is 10.0. The van der Waals surface area contributed by atoms with E-state index in [2.05, 4.69) is 15.9 Å². The first-order valence-electron chi connectivity index (χ1n) is 5.73. The van der Waals surface area contributed by atoms with E-state index in [0.717, 1.165) is 29.3 Å². The van der Waals surface area contributed by atoms with Crippen molar-refractivity contribution < 1.29 is 4.79 Å². The number of alkyl halides is 1. The number of hydrogen-bond donors (Lipinski definition) is 0. The zero-order valence-electron chi connectivity index (χ0n) is 10.5. The third kappa shape index (κ3) is 4.91. The Morgan fingerprint density at radius 3 is 1.95 bits per heavy atom. The lowest BCUT2D eigenvalue weighted by molar-refractivity contribution is 0.104. The molecule has 110 valence electrons. The van der Waals surface area contributed by atoms with Crippen LogP contribution >= 0.6 is 73.1 Å². The van der Waals surface area contributed by atoms with Crippen LogP contribution in [0.5, 0.6) is 0 Å². The van der Waals surface area contributed by atoms with Gasteiger partial charge in [0, 0.05) is 5.33 Å². The van der Waals surface area contributed by atoms with Gasteiger partial charge in [0.2, 0.25) is 5.78 Å². The van der Waals surface area contributed by atoms with Gasteiger partial charge in [-0.1, -0.05) is 51.3 Å². The fraction of sp³-hybridized carbons (Fsp3) is 0.0714. The SMILES string of the molecule is Clc1cc(CBr)c(Cl)s1.O=C(c1cccs1)c1cccs1. The zero-order chi connectivity index (χ0) is 15.2. The molecule has 0 atom stereocenters. The Labute approximate surface area is 153 Å². The molecular weight excluding hydrogens is 431 g/mol. The van der Waals surface area contributed by atoms with Gasteiger partial charge in [0.05, 0.1) is 18.4 Å². The number of ketones is 1. The maximum atomic E-state index is 11.6. The van der Waals surface area contributed by atoms with Gasteiger partial charge in [0.15, 0.2) is 0 Å². The molecule has 0 N–H and O–H groups in total. The first-order chi connectivity index (χ1) is 10.1. The molecular formula is C14H9BrCl2OS3. The fourth-order valence-corrected chi connectivity index (χ4v) is 5.10. The van der Waals surface area contributed by atoms with E-state index in [4.69, 9.17) is 23.2 Å². The van der Waals surface area contributed by atoms with E-state index in [1.807, 2.05) is 41.1 Å². The van der Waals surface area contributed by atoms with Crippen molar-refractivity contribution in [1.29, 1.82) is 0 Å². The molecule has 0 aliphatic heterocycles. The predicted octanol–water partition coefficient (Wildman–Crippen LogP) is 6.99. The van der Waals surface area contributed by atoms with E-state index >= 15 is 0 Å². The van der Waals surface area contributed by atoms with Crippen molar-refractivity contribution in [3.63, 3.8) is 0 Å². The first-order valence-corrected chi connectivity index (χ1v) is 10.2. The lowest BCUT2D eigenvalue weighted by Gasteiger charge is -1.89. The highest BCUT2D eigenvalue weighted by Gasteiger charge is 2.09. The molecule has 3 heterocycles. The highest BCUT2D eigenvalue weighted by molar-refractivity contribution is 9.08. The van der Waals surface area contributed by atoms with Crippen LogP contribution in [0.3, 0.4) is 0 Å². The molecule has 0 amide bonds. The van der Waals surface area contributed by atoms with Crippen molar-refractivity contribution in [1.82, 2.24) is 0 Å². The van der Waals surface area contributed by atoms with Gasteiger partial charge in [-0.2, -0.15) is 0 Å². The van der Waals surface area contributed by atoms with E-state index < -0.39 is 0 Å². The van der Waals surface area contributed by atoms with Gasteiger partial charge in [-0.3, -0.25) is 4.79 Å². The van der Waals surface area contributed by atoms with E-state index in [-0.39, 0.29) is 5.78 Å². The average Bonchev–Trinajstić information content (AvgIpc) is 3.20. The Balaban J connectivity index is 0.000000161. The maximum absolute atomic E-state index is 11.6. The average molecular weight is 440 g/mol. The molecule has 0 spiro atoms. The van der Waals surface area contributed by atoms with Gasteiger partial charge < -0.3 is 0 Å². The van der Waals surface area contributed by atoms with Crippen molar-refractivity contribution in [2.75, 3.05) is 0 Å². The summed E-state index contributed by atoms with van der Waals surface area (Å²) in [4.78, 5) is 13.2. The lowest BCUT2D eigenvalue weighted by atomic mass is 10.3. The maximum Gasteiger partial charge on any atom is 0.212 e. The van der Waals surface area contributed by atoms with Crippen LogP contribution in [0.1, 0.15) is 20.1 Å². The summed E-state index contributed by atoms with van der Waals surface area (Å²) in [5, 5.41) is 4.61. The quantitative estimate of drug-likeness (QED) is 0.317. The summed E-state index contributed by atoms with van der Waals surface area (Å²) in [6.07, 6.45) is 0. The van der Waals surface area contributed by atoms with E-state index in [0.29, 0.717) is 0 Å². The van der Waals surface area contributed by atoms with Crippen LogP contribution in [0.25, 0.3) is 0 Å². The van der Waals surface area contributed by atoms with Crippen molar-refractivity contribution in [2.24, 2.45) is 0 Å². The second-order valence-corrected chi connectivity index (χ2v) is 8.51. The second kappa shape index (κ2) is 8.46. The molecule has 0 aromatic carbocycles. The van der Waals surface area contributed by atoms with E-state index in [9.17, 15) is 4.79 Å². The van der Waals surface area contributed by atoms with Crippen molar-refractivity contribution in [3.05, 3.63) is 65.1 Å². The molecule has 3 rings (SSSR count). The van der Waals surface area contributed by atoms with Crippen LogP contribution in [0.15, 0.2) is 41.1 Å². The third-order valence-corrected chi connectivity index (χ3v) is 6.27. The van der Waals surface area contributed by atoms with Crippen LogP contribution in [-0.4, -0.2) is 5.78 Å². The van der Waals surface area contributed by atoms with Gasteiger partial charge in [-0.15, -0.1) is 34.0 Å². The topological polar surface area (TPSA) is 17.1 Å². The Bertz CT molecular complexity index is 654. The number of carbonyl (C=O) groups is 1. The van der Waals surface area contributed by atoms with Crippen LogP contribution in [0.4, 0.5) is 0 Å². The fourth-order valence-electron chi connectivity index (χ4n) is 1.40. The molecule has 0 aliphatic rings. The van der Waals surface area contributed by atoms with E-state index in [1.54, 1.807) is 0 Å². The summed E-state index contributed by atoms with van der Waals surface area (Å²) in [6, 6.07) is 9.36. The standard InChI is InChI=1S/C9H6OS2.C5H3BrCl2S/c10-9(7-3-1-5-11-7)8-4-2-6-12-8;6-2-3-1-4(7)9-5(3)8/h1-6H;1H,2H2. The number of rotatable bonds is 3. The lowest BCUT2D eigenvalue weighted by Crippen LogP contribution is -1.93. The molecule has 7 heteroatoms. The number of thiophene rings is 3. The second-order valence-electron chi connectivity index (χ2n) is 3.77. The molecule has 0 fully saturated rings. The Morgan fingerprint density at radius 1 is 1.10 bits per heavy atom. The van der Waals surface area contributed by atoms with Crippen molar-refractivity contribution in [2.45, 2.75) is 5.33 Å². The molecule has 0 unspecified atom stereocenters. The molecule has 0 radical (unpaired) electrons. The van der Waals surface area contributed by atoms with Gasteiger partial charge in [-0.25, -0.2) is 0 Å². The molecule has 3 aromatic heterocycles. The third-order valence-electron chi connectivity index (χ3n) is 2.36. The molecule has 1 nitrogen and oxygen atoms in total. The minimum atomic E-state index is 0.139. The minimum absolute atomic E-state index is 0.139.